The molecule has 0 saturated heterocycles. The maximum Gasteiger partial charge on any atom is 0.368 e. The molecule has 2 aromatic carbocycles. The van der Waals surface area contributed by atoms with Crippen LogP contribution in [0.3, 0.4) is 0 Å². The molecule has 0 spiro atoms. The highest BCUT2D eigenvalue weighted by Crippen LogP contribution is 2.12. The van der Waals surface area contributed by atoms with E-state index < -0.39 is 5.69 Å². The molecular weight excluding hydrogens is 386 g/mol. The predicted molar refractivity (Wildman–Crippen MR) is 96.2 cm³/mol. The number of nitrogens with zero attached hydrogens (tertiary/aromatic N) is 5. The molecule has 0 bridgehead atoms. The minimum Gasteiger partial charge on any atom is -0.340 e. The molecule has 3 rings (SSSR count). The summed E-state index contributed by atoms with van der Waals surface area (Å²) in [6.45, 7) is 0.298. The first kappa shape index (κ1) is 17.1. The largest absolute Gasteiger partial charge is 0.368 e. The zero-order chi connectivity index (χ0) is 17.8. The molecule has 7 nitrogen and oxygen atoms in total. The Labute approximate surface area is 152 Å². The zero-order valence-electron chi connectivity index (χ0n) is 13.5. The van der Waals surface area contributed by atoms with Crippen LogP contribution in [0.15, 0.2) is 63.9 Å². The lowest BCUT2D eigenvalue weighted by molar-refractivity contribution is -0.131. The second kappa shape index (κ2) is 7.43. The summed E-state index contributed by atoms with van der Waals surface area (Å²) >= 11 is 3.38. The van der Waals surface area contributed by atoms with Gasteiger partial charge in [0.25, 0.3) is 0 Å². The number of carbonyl (C=O) groups excluding carboxylic acids is 1. The number of rotatable bonds is 5. The van der Waals surface area contributed by atoms with Crippen molar-refractivity contribution in [3.05, 3.63) is 75.1 Å². The average Bonchev–Trinajstić information content (AvgIpc) is 2.98. The van der Waals surface area contributed by atoms with Gasteiger partial charge in [-0.15, -0.1) is 0 Å². The van der Waals surface area contributed by atoms with E-state index in [9.17, 15) is 9.59 Å². The molecular formula is C17H16BrN5O2. The molecule has 128 valence electrons. The van der Waals surface area contributed by atoms with Crippen molar-refractivity contribution in [3.8, 4) is 5.69 Å². The Morgan fingerprint density at radius 1 is 1.08 bits per heavy atom. The molecule has 1 amide bonds. The molecule has 0 atom stereocenters. The summed E-state index contributed by atoms with van der Waals surface area (Å²) in [6, 6.07) is 16.7. The normalized spacial score (nSPS) is 10.6. The van der Waals surface area contributed by atoms with Gasteiger partial charge in [0.2, 0.25) is 5.91 Å². The van der Waals surface area contributed by atoms with Crippen molar-refractivity contribution in [3.63, 3.8) is 0 Å². The maximum absolute atomic E-state index is 12.4. The number of amides is 1. The van der Waals surface area contributed by atoms with Gasteiger partial charge in [0, 0.05) is 18.1 Å². The minimum atomic E-state index is -0.448. The number of benzene rings is 2. The molecule has 0 aliphatic heterocycles. The summed E-state index contributed by atoms with van der Waals surface area (Å²) in [5, 5.41) is 7.63. The van der Waals surface area contributed by atoms with Crippen LogP contribution < -0.4 is 5.69 Å². The Kier molecular flexibility index (Phi) is 5.08. The van der Waals surface area contributed by atoms with Crippen molar-refractivity contribution in [2.45, 2.75) is 13.1 Å². The van der Waals surface area contributed by atoms with Gasteiger partial charge < -0.3 is 4.90 Å². The van der Waals surface area contributed by atoms with Gasteiger partial charge in [0.1, 0.15) is 6.54 Å². The van der Waals surface area contributed by atoms with E-state index in [2.05, 4.69) is 26.4 Å². The fourth-order valence-corrected chi connectivity index (χ4v) is 2.57. The number of hydrogen-bond donors (Lipinski definition) is 0. The third-order valence-electron chi connectivity index (χ3n) is 3.68. The van der Waals surface area contributed by atoms with Gasteiger partial charge >= 0.3 is 5.69 Å². The van der Waals surface area contributed by atoms with E-state index in [0.29, 0.717) is 12.2 Å². The molecule has 0 N–H and O–H groups in total. The van der Waals surface area contributed by atoms with Crippen LogP contribution in [0.2, 0.25) is 0 Å². The minimum absolute atomic E-state index is 0.154. The van der Waals surface area contributed by atoms with Crippen molar-refractivity contribution in [1.82, 2.24) is 24.7 Å². The number of halogens is 1. The second-order valence-corrected chi connectivity index (χ2v) is 6.46. The van der Waals surface area contributed by atoms with E-state index in [-0.39, 0.29) is 12.5 Å². The molecule has 0 aliphatic carbocycles. The number of para-hydroxylation sites is 1. The fraction of sp³-hybridized carbons (Fsp3) is 0.176. The van der Waals surface area contributed by atoms with Crippen LogP contribution in [0.5, 0.6) is 0 Å². The predicted octanol–water partition coefficient (Wildman–Crippen LogP) is 1.85. The number of likely N-dealkylation sites (N-methyl/N-ethyl adjacent to an activating group) is 1. The Bertz CT molecular complexity index is 918. The second-order valence-electron chi connectivity index (χ2n) is 5.54. The maximum atomic E-state index is 12.4. The quantitative estimate of drug-likeness (QED) is 0.653. The van der Waals surface area contributed by atoms with Gasteiger partial charge in [-0.3, -0.25) is 4.79 Å². The monoisotopic (exact) mass is 401 g/mol. The third-order valence-corrected chi connectivity index (χ3v) is 4.21. The molecule has 3 aromatic rings. The first-order valence-electron chi connectivity index (χ1n) is 7.61. The van der Waals surface area contributed by atoms with Gasteiger partial charge in [0.15, 0.2) is 0 Å². The van der Waals surface area contributed by atoms with Crippen LogP contribution in [0.4, 0.5) is 0 Å². The third kappa shape index (κ3) is 4.03. The standard InChI is InChI=1S/C17H16BrN5O2/c1-21(11-13-7-9-14(18)10-8-13)16(24)12-22-17(25)23(20-19-22)15-5-3-2-4-6-15/h2-10H,11-12H2,1H3. The molecule has 0 saturated carbocycles. The molecule has 0 radical (unpaired) electrons. The number of aromatic nitrogens is 4. The Morgan fingerprint density at radius 2 is 1.76 bits per heavy atom. The average molecular weight is 402 g/mol. The summed E-state index contributed by atoms with van der Waals surface area (Å²) in [5.74, 6) is -0.217. The molecule has 0 unspecified atom stereocenters. The van der Waals surface area contributed by atoms with Gasteiger partial charge in [-0.2, -0.15) is 9.36 Å². The van der Waals surface area contributed by atoms with E-state index in [1.54, 1.807) is 36.2 Å². The first-order chi connectivity index (χ1) is 12.0. The summed E-state index contributed by atoms with van der Waals surface area (Å²) < 4.78 is 3.21. The van der Waals surface area contributed by atoms with Gasteiger partial charge in [-0.1, -0.05) is 46.3 Å². The Hall–Kier alpha value is -2.74. The molecule has 25 heavy (non-hydrogen) atoms. The zero-order valence-corrected chi connectivity index (χ0v) is 15.1. The lowest BCUT2D eigenvalue weighted by Crippen LogP contribution is -2.34. The highest BCUT2D eigenvalue weighted by Gasteiger charge is 2.15. The number of carbonyl (C=O) groups is 1. The van der Waals surface area contributed by atoms with Crippen molar-refractivity contribution < 1.29 is 4.79 Å². The highest BCUT2D eigenvalue weighted by atomic mass is 79.9. The topological polar surface area (TPSA) is 73.0 Å². The Balaban J connectivity index is 1.70. The van der Waals surface area contributed by atoms with E-state index in [1.165, 1.54) is 4.68 Å². The summed E-state index contributed by atoms with van der Waals surface area (Å²) in [7, 11) is 1.69. The van der Waals surface area contributed by atoms with Gasteiger partial charge in [-0.25, -0.2) is 4.79 Å². The van der Waals surface area contributed by atoms with Crippen molar-refractivity contribution in [2.75, 3.05) is 7.05 Å². The van der Waals surface area contributed by atoms with E-state index in [1.807, 2.05) is 30.3 Å². The molecule has 1 aromatic heterocycles. The lowest BCUT2D eigenvalue weighted by Gasteiger charge is -2.16. The van der Waals surface area contributed by atoms with Crippen LogP contribution in [0.1, 0.15) is 5.56 Å². The van der Waals surface area contributed by atoms with Crippen LogP contribution in [-0.4, -0.2) is 37.6 Å². The molecule has 0 fully saturated rings. The van der Waals surface area contributed by atoms with E-state index >= 15 is 0 Å². The van der Waals surface area contributed by atoms with Crippen LogP contribution in [0.25, 0.3) is 5.69 Å². The SMILES string of the molecule is CN(Cc1ccc(Br)cc1)C(=O)Cn1nnn(-c2ccccc2)c1=O. The molecule has 8 heteroatoms. The van der Waals surface area contributed by atoms with Crippen molar-refractivity contribution in [1.29, 1.82) is 0 Å². The molecule has 0 aliphatic rings. The van der Waals surface area contributed by atoms with Gasteiger partial charge in [0.05, 0.1) is 5.69 Å². The summed E-state index contributed by atoms with van der Waals surface area (Å²) in [6.07, 6.45) is 0. The van der Waals surface area contributed by atoms with Crippen molar-refractivity contribution >= 4 is 21.8 Å². The van der Waals surface area contributed by atoms with Crippen LogP contribution in [0, 0.1) is 0 Å². The number of hydrogen-bond acceptors (Lipinski definition) is 4. The first-order valence-corrected chi connectivity index (χ1v) is 8.40. The van der Waals surface area contributed by atoms with Crippen LogP contribution >= 0.6 is 15.9 Å². The highest BCUT2D eigenvalue weighted by molar-refractivity contribution is 9.10. The van der Waals surface area contributed by atoms with Crippen LogP contribution in [-0.2, 0) is 17.9 Å². The smallest absolute Gasteiger partial charge is 0.340 e. The number of tetrazole rings is 1. The van der Waals surface area contributed by atoms with Gasteiger partial charge in [-0.05, 0) is 40.3 Å². The Morgan fingerprint density at radius 3 is 2.44 bits per heavy atom. The van der Waals surface area contributed by atoms with E-state index in [4.69, 9.17) is 0 Å². The molecule has 1 heterocycles. The summed E-state index contributed by atoms with van der Waals surface area (Å²) in [4.78, 5) is 26.3. The van der Waals surface area contributed by atoms with Crippen molar-refractivity contribution in [2.24, 2.45) is 0 Å². The fourth-order valence-electron chi connectivity index (χ4n) is 2.31. The summed E-state index contributed by atoms with van der Waals surface area (Å²) in [5.41, 5.74) is 1.16. The lowest BCUT2D eigenvalue weighted by atomic mass is 10.2. The van der Waals surface area contributed by atoms with E-state index in [0.717, 1.165) is 14.7 Å².